The maximum Gasteiger partial charge on any atom is 0.225 e. The Morgan fingerprint density at radius 3 is 2.42 bits per heavy atom. The van der Waals surface area contributed by atoms with E-state index in [0.29, 0.717) is 5.91 Å². The predicted octanol–water partition coefficient (Wildman–Crippen LogP) is 6.13. The topological polar surface area (TPSA) is 50.1 Å². The van der Waals surface area contributed by atoms with Crippen molar-refractivity contribution in [1.29, 1.82) is 0 Å². The third-order valence-electron chi connectivity index (χ3n) is 8.76. The van der Waals surface area contributed by atoms with Gasteiger partial charge >= 0.3 is 0 Å². The summed E-state index contributed by atoms with van der Waals surface area (Å²) in [4.78, 5) is 23.0. The van der Waals surface area contributed by atoms with Crippen LogP contribution in [-0.4, -0.2) is 64.5 Å². The first-order valence-corrected chi connectivity index (χ1v) is 14.7. The number of imidazole rings is 1. The molecule has 1 aliphatic carbocycles. The summed E-state index contributed by atoms with van der Waals surface area (Å²) in [6.45, 7) is 8.32. The number of aryl methyl sites for hydroxylation is 2. The number of aromatic nitrogens is 2. The van der Waals surface area contributed by atoms with Crippen LogP contribution in [0.4, 0.5) is 0 Å². The Balaban J connectivity index is 1.25. The van der Waals surface area contributed by atoms with E-state index in [1.165, 1.54) is 27.9 Å². The smallest absolute Gasteiger partial charge is 0.225 e. The Morgan fingerprint density at radius 1 is 0.900 bits per heavy atom. The highest BCUT2D eigenvalue weighted by Gasteiger charge is 2.32. The molecule has 1 amide bonds. The number of hydrogen-bond donors (Lipinski definition) is 0. The number of benzene rings is 2. The molecule has 2 aromatic heterocycles. The molecule has 4 aromatic rings. The summed E-state index contributed by atoms with van der Waals surface area (Å²) in [7, 11) is 1.77. The monoisotopic (exact) mass is 536 g/mol. The summed E-state index contributed by atoms with van der Waals surface area (Å²) >= 11 is 0. The Labute approximate surface area is 237 Å². The maximum absolute atomic E-state index is 13.3. The van der Waals surface area contributed by atoms with Gasteiger partial charge in [-0.3, -0.25) is 9.69 Å². The molecule has 40 heavy (non-hydrogen) atoms. The molecule has 2 aromatic carbocycles. The zero-order chi connectivity index (χ0) is 27.6. The number of nitrogens with zero attached hydrogens (tertiary/aromatic N) is 4. The predicted molar refractivity (Wildman–Crippen MR) is 160 cm³/mol. The van der Waals surface area contributed by atoms with Gasteiger partial charge in [0.25, 0.3) is 0 Å². The van der Waals surface area contributed by atoms with Gasteiger partial charge in [0.1, 0.15) is 5.65 Å². The van der Waals surface area contributed by atoms with Crippen molar-refractivity contribution in [3.05, 3.63) is 83.7 Å². The SMILES string of the molecule is CO[C@H]1CCC[C@H](C(=O)N2CCN(Cc3c(-c4ccc(C)cc4)nc4ccc(-c5cccc(C)c5)cn34)CC2)C1. The molecular weight excluding hydrogens is 496 g/mol. The number of amides is 1. The van der Waals surface area contributed by atoms with Crippen molar-refractivity contribution in [2.24, 2.45) is 5.92 Å². The summed E-state index contributed by atoms with van der Waals surface area (Å²) in [6.07, 6.45) is 6.46. The van der Waals surface area contributed by atoms with Gasteiger partial charge in [-0.05, 0) is 56.4 Å². The van der Waals surface area contributed by atoms with Gasteiger partial charge in [0.15, 0.2) is 0 Å². The Hall–Kier alpha value is -3.48. The first-order chi connectivity index (χ1) is 19.5. The molecule has 0 bridgehead atoms. The van der Waals surface area contributed by atoms with E-state index in [9.17, 15) is 4.79 Å². The highest BCUT2D eigenvalue weighted by atomic mass is 16.5. The molecule has 0 unspecified atom stereocenters. The standard InChI is InChI=1S/C34H40N4O2/c1-24-10-12-26(13-11-24)33-31(38-22-29(14-15-32(38)35-33)27-7-4-6-25(2)20-27)23-36-16-18-37(19-17-36)34(39)28-8-5-9-30(21-28)40-3/h4,6-7,10-15,20,22,28,30H,5,8-9,16-19,21,23H2,1-3H3/t28-,30-/m0/s1. The molecule has 0 radical (unpaired) electrons. The van der Waals surface area contributed by atoms with E-state index in [2.05, 4.69) is 94.9 Å². The summed E-state index contributed by atoms with van der Waals surface area (Å²) in [5.41, 5.74) is 9.22. The van der Waals surface area contributed by atoms with Crippen LogP contribution in [0.25, 0.3) is 28.0 Å². The molecule has 1 saturated carbocycles. The summed E-state index contributed by atoms with van der Waals surface area (Å²) in [6, 6.07) is 21.6. The zero-order valence-corrected chi connectivity index (χ0v) is 24.0. The van der Waals surface area contributed by atoms with Crippen LogP contribution in [0.1, 0.15) is 42.5 Å². The lowest BCUT2D eigenvalue weighted by molar-refractivity contribution is -0.140. The van der Waals surface area contributed by atoms with Crippen molar-refractivity contribution >= 4 is 11.6 Å². The normalized spacial score (nSPS) is 20.2. The van der Waals surface area contributed by atoms with Gasteiger partial charge in [-0.15, -0.1) is 0 Å². The number of pyridine rings is 1. The van der Waals surface area contributed by atoms with Gasteiger partial charge in [-0.2, -0.15) is 0 Å². The maximum atomic E-state index is 13.3. The molecule has 0 spiro atoms. The van der Waals surface area contributed by atoms with Crippen LogP contribution >= 0.6 is 0 Å². The van der Waals surface area contributed by atoms with Crippen molar-refractivity contribution in [2.45, 2.75) is 52.2 Å². The van der Waals surface area contributed by atoms with Crippen molar-refractivity contribution in [2.75, 3.05) is 33.3 Å². The molecule has 208 valence electrons. The number of piperazine rings is 1. The van der Waals surface area contributed by atoms with E-state index < -0.39 is 0 Å². The van der Waals surface area contributed by atoms with Gasteiger partial charge < -0.3 is 14.0 Å². The molecule has 2 atom stereocenters. The minimum absolute atomic E-state index is 0.109. The van der Waals surface area contributed by atoms with Gasteiger partial charge in [0.05, 0.1) is 17.5 Å². The fourth-order valence-electron chi connectivity index (χ4n) is 6.36. The third-order valence-corrected chi connectivity index (χ3v) is 8.76. The van der Waals surface area contributed by atoms with Gasteiger partial charge in [0.2, 0.25) is 5.91 Å². The van der Waals surface area contributed by atoms with Crippen molar-refractivity contribution < 1.29 is 9.53 Å². The molecule has 6 rings (SSSR count). The van der Waals surface area contributed by atoms with Crippen LogP contribution in [0.2, 0.25) is 0 Å². The van der Waals surface area contributed by atoms with Gasteiger partial charge in [-0.1, -0.05) is 66.1 Å². The second-order valence-corrected chi connectivity index (χ2v) is 11.6. The first-order valence-electron chi connectivity index (χ1n) is 14.7. The largest absolute Gasteiger partial charge is 0.381 e. The first kappa shape index (κ1) is 26.7. The Morgan fingerprint density at radius 2 is 1.68 bits per heavy atom. The van der Waals surface area contributed by atoms with Crippen LogP contribution < -0.4 is 0 Å². The number of hydrogen-bond acceptors (Lipinski definition) is 4. The van der Waals surface area contributed by atoms with Gasteiger partial charge in [0, 0.05) is 57.5 Å². The average Bonchev–Trinajstić information content (AvgIpc) is 3.35. The number of methoxy groups -OCH3 is 1. The minimum atomic E-state index is 0.109. The summed E-state index contributed by atoms with van der Waals surface area (Å²) in [5, 5.41) is 0. The van der Waals surface area contributed by atoms with Crippen molar-refractivity contribution in [1.82, 2.24) is 19.2 Å². The molecular formula is C34H40N4O2. The molecule has 2 aliphatic rings. The lowest BCUT2D eigenvalue weighted by Gasteiger charge is -2.38. The Kier molecular flexibility index (Phi) is 7.72. The minimum Gasteiger partial charge on any atom is -0.381 e. The number of rotatable bonds is 6. The lowest BCUT2D eigenvalue weighted by atomic mass is 9.86. The summed E-state index contributed by atoms with van der Waals surface area (Å²) < 4.78 is 7.85. The number of fused-ring (bicyclic) bond motifs is 1. The van der Waals surface area contributed by atoms with Crippen LogP contribution in [0.15, 0.2) is 66.9 Å². The van der Waals surface area contributed by atoms with Crippen LogP contribution in [0, 0.1) is 19.8 Å². The fourth-order valence-corrected chi connectivity index (χ4v) is 6.36. The van der Waals surface area contributed by atoms with E-state index >= 15 is 0 Å². The average molecular weight is 537 g/mol. The summed E-state index contributed by atoms with van der Waals surface area (Å²) in [5.74, 6) is 0.427. The van der Waals surface area contributed by atoms with E-state index in [1.54, 1.807) is 7.11 Å². The molecule has 1 aliphatic heterocycles. The Bertz CT molecular complexity index is 1480. The fraction of sp³-hybridized carbons (Fsp3) is 0.412. The second-order valence-electron chi connectivity index (χ2n) is 11.6. The van der Waals surface area contributed by atoms with Crippen LogP contribution in [0.5, 0.6) is 0 Å². The highest BCUT2D eigenvalue weighted by molar-refractivity contribution is 5.79. The molecule has 3 heterocycles. The number of ether oxygens (including phenoxy) is 1. The van der Waals surface area contributed by atoms with E-state index in [4.69, 9.17) is 9.72 Å². The molecule has 6 heteroatoms. The highest BCUT2D eigenvalue weighted by Crippen LogP contribution is 2.31. The molecule has 1 saturated heterocycles. The molecule has 2 fully saturated rings. The number of carbonyl (C=O) groups excluding carboxylic acids is 1. The van der Waals surface area contributed by atoms with E-state index in [-0.39, 0.29) is 12.0 Å². The lowest BCUT2D eigenvalue weighted by Crippen LogP contribution is -2.50. The van der Waals surface area contributed by atoms with E-state index in [1.807, 2.05) is 0 Å². The number of carbonyl (C=O) groups is 1. The van der Waals surface area contributed by atoms with E-state index in [0.717, 1.165) is 75.3 Å². The second kappa shape index (κ2) is 11.6. The third kappa shape index (κ3) is 5.56. The molecule has 0 N–H and O–H groups in total. The van der Waals surface area contributed by atoms with Crippen LogP contribution in [-0.2, 0) is 16.1 Å². The van der Waals surface area contributed by atoms with Crippen molar-refractivity contribution in [3.8, 4) is 22.4 Å². The zero-order valence-electron chi connectivity index (χ0n) is 24.0. The molecule has 6 nitrogen and oxygen atoms in total. The van der Waals surface area contributed by atoms with Crippen molar-refractivity contribution in [3.63, 3.8) is 0 Å². The van der Waals surface area contributed by atoms with Gasteiger partial charge in [-0.25, -0.2) is 4.98 Å². The van der Waals surface area contributed by atoms with Crippen LogP contribution in [0.3, 0.4) is 0 Å². The quantitative estimate of drug-likeness (QED) is 0.297.